The maximum Gasteiger partial charge on any atom is 0.161 e. The molecule has 1 aliphatic rings. The lowest BCUT2D eigenvalue weighted by Crippen LogP contribution is -2.23. The van der Waals surface area contributed by atoms with Crippen LogP contribution < -0.4 is 5.32 Å². The van der Waals surface area contributed by atoms with Crippen molar-refractivity contribution in [1.82, 2.24) is 0 Å². The van der Waals surface area contributed by atoms with Gasteiger partial charge in [-0.3, -0.25) is 0 Å². The van der Waals surface area contributed by atoms with Gasteiger partial charge in [-0.25, -0.2) is 13.2 Å². The zero-order chi connectivity index (χ0) is 13.5. The van der Waals surface area contributed by atoms with Crippen molar-refractivity contribution in [2.75, 3.05) is 5.32 Å². The third-order valence-electron chi connectivity index (χ3n) is 3.68. The van der Waals surface area contributed by atoms with E-state index in [0.29, 0.717) is 12.0 Å². The molecule has 1 aromatic carbocycles. The standard InChI is InChI=1S/C14H18F3N/c1-8-6-14(2,3)7-13(8)18-12-5-10(16)9(15)4-11(12)17/h4-5,8,13,18H,6-7H2,1-3H3. The van der Waals surface area contributed by atoms with Crippen LogP contribution in [0.5, 0.6) is 0 Å². The second-order valence-electron chi connectivity index (χ2n) is 6.05. The molecule has 0 saturated heterocycles. The Bertz CT molecular complexity index is 457. The first kappa shape index (κ1) is 13.2. The van der Waals surface area contributed by atoms with E-state index in [1.54, 1.807) is 0 Å². The van der Waals surface area contributed by atoms with Gasteiger partial charge in [-0.15, -0.1) is 0 Å². The molecule has 1 N–H and O–H groups in total. The first-order valence-electron chi connectivity index (χ1n) is 6.19. The Hall–Kier alpha value is -1.19. The Labute approximate surface area is 105 Å². The minimum Gasteiger partial charge on any atom is -0.380 e. The summed E-state index contributed by atoms with van der Waals surface area (Å²) in [5.41, 5.74) is 0.245. The van der Waals surface area contributed by atoms with Gasteiger partial charge in [0.05, 0.1) is 5.69 Å². The van der Waals surface area contributed by atoms with Gasteiger partial charge in [0.1, 0.15) is 5.82 Å². The van der Waals surface area contributed by atoms with Gasteiger partial charge in [-0.1, -0.05) is 20.8 Å². The van der Waals surface area contributed by atoms with Gasteiger partial charge in [0, 0.05) is 18.2 Å². The first-order chi connectivity index (χ1) is 8.28. The molecule has 0 aromatic heterocycles. The van der Waals surface area contributed by atoms with E-state index in [1.165, 1.54) is 0 Å². The van der Waals surface area contributed by atoms with Crippen molar-refractivity contribution in [2.24, 2.45) is 11.3 Å². The Morgan fingerprint density at radius 3 is 2.22 bits per heavy atom. The van der Waals surface area contributed by atoms with Crippen LogP contribution in [0.15, 0.2) is 12.1 Å². The molecule has 2 rings (SSSR count). The zero-order valence-corrected chi connectivity index (χ0v) is 10.9. The maximum atomic E-state index is 13.5. The van der Waals surface area contributed by atoms with Gasteiger partial charge < -0.3 is 5.32 Å². The summed E-state index contributed by atoms with van der Waals surface area (Å²) in [6.45, 7) is 6.41. The van der Waals surface area contributed by atoms with Crippen LogP contribution in [0.4, 0.5) is 18.9 Å². The van der Waals surface area contributed by atoms with Crippen LogP contribution in [0.2, 0.25) is 0 Å². The minimum absolute atomic E-state index is 0.0449. The summed E-state index contributed by atoms with van der Waals surface area (Å²) >= 11 is 0. The third kappa shape index (κ3) is 2.62. The van der Waals surface area contributed by atoms with Crippen LogP contribution in [0.3, 0.4) is 0 Å². The lowest BCUT2D eigenvalue weighted by molar-refractivity contribution is 0.366. The molecule has 0 aliphatic heterocycles. The summed E-state index contributed by atoms with van der Waals surface area (Å²) in [6, 6.07) is 1.57. The molecule has 18 heavy (non-hydrogen) atoms. The SMILES string of the molecule is CC1CC(C)(C)CC1Nc1cc(F)c(F)cc1F. The van der Waals surface area contributed by atoms with E-state index in [2.05, 4.69) is 26.1 Å². The van der Waals surface area contributed by atoms with Crippen molar-refractivity contribution in [3.8, 4) is 0 Å². The molecule has 1 aliphatic carbocycles. The molecule has 0 bridgehead atoms. The molecule has 100 valence electrons. The summed E-state index contributed by atoms with van der Waals surface area (Å²) < 4.78 is 39.5. The molecule has 2 unspecified atom stereocenters. The predicted octanol–water partition coefficient (Wildman–Crippen LogP) is 4.34. The molecule has 2 atom stereocenters. The lowest BCUT2D eigenvalue weighted by Gasteiger charge is -2.20. The van der Waals surface area contributed by atoms with Crippen molar-refractivity contribution >= 4 is 5.69 Å². The molecule has 0 heterocycles. The fourth-order valence-corrected chi connectivity index (χ4v) is 2.92. The highest BCUT2D eigenvalue weighted by molar-refractivity contribution is 5.46. The molecule has 1 nitrogen and oxygen atoms in total. The fourth-order valence-electron chi connectivity index (χ4n) is 2.92. The monoisotopic (exact) mass is 257 g/mol. The van der Waals surface area contributed by atoms with Crippen LogP contribution >= 0.6 is 0 Å². The summed E-state index contributed by atoms with van der Waals surface area (Å²) in [5, 5.41) is 3.00. The molecule has 0 spiro atoms. The summed E-state index contributed by atoms with van der Waals surface area (Å²) in [7, 11) is 0. The van der Waals surface area contributed by atoms with E-state index in [4.69, 9.17) is 0 Å². The Balaban J connectivity index is 2.18. The normalized spacial score (nSPS) is 26.3. The average Bonchev–Trinajstić information content (AvgIpc) is 2.48. The van der Waals surface area contributed by atoms with Crippen molar-refractivity contribution in [3.63, 3.8) is 0 Å². The highest BCUT2D eigenvalue weighted by Crippen LogP contribution is 2.42. The number of nitrogens with one attached hydrogen (secondary N) is 1. The predicted molar refractivity (Wildman–Crippen MR) is 65.9 cm³/mol. The largest absolute Gasteiger partial charge is 0.380 e. The Morgan fingerprint density at radius 1 is 1.06 bits per heavy atom. The highest BCUT2D eigenvalue weighted by Gasteiger charge is 2.36. The van der Waals surface area contributed by atoms with Gasteiger partial charge in [0.15, 0.2) is 11.6 Å². The quantitative estimate of drug-likeness (QED) is 0.777. The van der Waals surface area contributed by atoms with Crippen molar-refractivity contribution < 1.29 is 13.2 Å². The smallest absolute Gasteiger partial charge is 0.161 e. The van der Waals surface area contributed by atoms with E-state index in [1.807, 2.05) is 0 Å². The molecule has 0 radical (unpaired) electrons. The van der Waals surface area contributed by atoms with Crippen LogP contribution in [0.1, 0.15) is 33.6 Å². The van der Waals surface area contributed by atoms with E-state index in [9.17, 15) is 13.2 Å². The fraction of sp³-hybridized carbons (Fsp3) is 0.571. The van der Waals surface area contributed by atoms with Crippen molar-refractivity contribution in [3.05, 3.63) is 29.6 Å². The number of rotatable bonds is 2. The minimum atomic E-state index is -1.15. The third-order valence-corrected chi connectivity index (χ3v) is 3.68. The second-order valence-corrected chi connectivity index (χ2v) is 6.05. The number of benzene rings is 1. The van der Waals surface area contributed by atoms with E-state index < -0.39 is 17.5 Å². The van der Waals surface area contributed by atoms with Crippen molar-refractivity contribution in [1.29, 1.82) is 0 Å². The van der Waals surface area contributed by atoms with Crippen LogP contribution in [-0.4, -0.2) is 6.04 Å². The number of anilines is 1. The molecule has 1 saturated carbocycles. The Morgan fingerprint density at radius 2 is 1.67 bits per heavy atom. The summed E-state index contributed by atoms with van der Waals surface area (Å²) in [6.07, 6.45) is 1.93. The van der Waals surface area contributed by atoms with E-state index in [-0.39, 0.29) is 17.1 Å². The van der Waals surface area contributed by atoms with Gasteiger partial charge >= 0.3 is 0 Å². The lowest BCUT2D eigenvalue weighted by atomic mass is 9.91. The van der Waals surface area contributed by atoms with Gasteiger partial charge in [-0.05, 0) is 24.2 Å². The maximum absolute atomic E-state index is 13.5. The van der Waals surface area contributed by atoms with E-state index >= 15 is 0 Å². The molecular weight excluding hydrogens is 239 g/mol. The number of halogens is 3. The molecule has 0 amide bonds. The Kier molecular flexibility index (Phi) is 3.30. The summed E-state index contributed by atoms with van der Waals surface area (Å²) in [5.74, 6) is -2.54. The molecule has 1 fully saturated rings. The average molecular weight is 257 g/mol. The van der Waals surface area contributed by atoms with Gasteiger partial charge in [0.25, 0.3) is 0 Å². The highest BCUT2D eigenvalue weighted by atomic mass is 19.2. The summed E-state index contributed by atoms with van der Waals surface area (Å²) in [4.78, 5) is 0. The zero-order valence-electron chi connectivity index (χ0n) is 10.9. The van der Waals surface area contributed by atoms with Crippen molar-refractivity contribution in [2.45, 2.75) is 39.7 Å². The van der Waals surface area contributed by atoms with Crippen LogP contribution in [0, 0.1) is 28.8 Å². The topological polar surface area (TPSA) is 12.0 Å². The molecule has 1 aromatic rings. The molecule has 4 heteroatoms. The second kappa shape index (κ2) is 4.48. The number of hydrogen-bond acceptors (Lipinski definition) is 1. The molecular formula is C14H18F3N. The number of hydrogen-bond donors (Lipinski definition) is 1. The van der Waals surface area contributed by atoms with Gasteiger partial charge in [-0.2, -0.15) is 0 Å². The van der Waals surface area contributed by atoms with Gasteiger partial charge in [0.2, 0.25) is 0 Å². The first-order valence-corrected chi connectivity index (χ1v) is 6.19. The van der Waals surface area contributed by atoms with E-state index in [0.717, 1.165) is 18.9 Å². The van der Waals surface area contributed by atoms with Crippen LogP contribution in [-0.2, 0) is 0 Å². The van der Waals surface area contributed by atoms with Crippen LogP contribution in [0.25, 0.3) is 0 Å².